The Morgan fingerprint density at radius 2 is 2.29 bits per heavy atom. The van der Waals surface area contributed by atoms with Crippen molar-refractivity contribution in [3.8, 4) is 0 Å². The van der Waals surface area contributed by atoms with Crippen LogP contribution < -0.4 is 0 Å². The smallest absolute Gasteiger partial charge is 0.223 e. The number of likely N-dealkylation sites (tertiary alicyclic amines) is 1. The Morgan fingerprint density at radius 1 is 1.47 bits per heavy atom. The first-order chi connectivity index (χ1) is 8.15. The number of hydrogen-bond donors (Lipinski definition) is 0. The fourth-order valence-electron chi connectivity index (χ4n) is 2.06. The molecule has 2 rings (SSSR count). The number of carbonyl (C=O) groups is 2. The predicted molar refractivity (Wildman–Crippen MR) is 62.6 cm³/mol. The molecule has 1 aromatic rings. The summed E-state index contributed by atoms with van der Waals surface area (Å²) in [7, 11) is 0. The first-order valence-corrected chi connectivity index (χ1v) is 6.00. The normalized spacial score (nSPS) is 16.3. The Kier molecular flexibility index (Phi) is 3.61. The van der Waals surface area contributed by atoms with Gasteiger partial charge in [-0.2, -0.15) is 0 Å². The van der Waals surface area contributed by atoms with Crippen LogP contribution in [0.4, 0.5) is 0 Å². The molecule has 0 N–H and O–H groups in total. The molecule has 1 aliphatic heterocycles. The molecule has 0 aromatic carbocycles. The van der Waals surface area contributed by atoms with Gasteiger partial charge in [0.05, 0.1) is 6.54 Å². The third-order valence-electron chi connectivity index (χ3n) is 2.98. The van der Waals surface area contributed by atoms with Crippen LogP contribution in [0.3, 0.4) is 0 Å². The van der Waals surface area contributed by atoms with Crippen molar-refractivity contribution in [2.75, 3.05) is 13.1 Å². The van der Waals surface area contributed by atoms with Gasteiger partial charge in [-0.1, -0.05) is 0 Å². The summed E-state index contributed by atoms with van der Waals surface area (Å²) >= 11 is 0. The molecule has 0 aliphatic carbocycles. The summed E-state index contributed by atoms with van der Waals surface area (Å²) in [5.74, 6) is 1.91. The van der Waals surface area contributed by atoms with Crippen molar-refractivity contribution >= 4 is 11.7 Å². The molecule has 1 fully saturated rings. The molecule has 17 heavy (non-hydrogen) atoms. The highest BCUT2D eigenvalue weighted by Crippen LogP contribution is 2.12. The lowest BCUT2D eigenvalue weighted by atomic mass is 10.1. The number of nitrogens with zero attached hydrogens (tertiary/aromatic N) is 1. The number of Topliss-reactive ketones (excluding diaryl/α,β-unsaturated/α-hetero) is 1. The van der Waals surface area contributed by atoms with Crippen LogP contribution >= 0.6 is 0 Å². The SMILES string of the molecule is Cc1ccc(CCC(=O)N2CCCC(=O)C2)o1. The Bertz CT molecular complexity index is 422. The second-order valence-electron chi connectivity index (χ2n) is 4.47. The van der Waals surface area contributed by atoms with E-state index < -0.39 is 0 Å². The van der Waals surface area contributed by atoms with Crippen molar-refractivity contribution in [2.24, 2.45) is 0 Å². The molecular formula is C13H17NO3. The maximum atomic E-state index is 11.9. The molecule has 0 radical (unpaired) electrons. The number of carbonyl (C=O) groups excluding carboxylic acids is 2. The average Bonchev–Trinajstić information content (AvgIpc) is 2.72. The van der Waals surface area contributed by atoms with Crippen LogP contribution in [-0.2, 0) is 16.0 Å². The van der Waals surface area contributed by atoms with E-state index in [0.29, 0.717) is 25.8 Å². The number of furan rings is 1. The third-order valence-corrected chi connectivity index (χ3v) is 2.98. The minimum Gasteiger partial charge on any atom is -0.466 e. The number of amides is 1. The molecule has 1 saturated heterocycles. The van der Waals surface area contributed by atoms with Gasteiger partial charge in [-0.15, -0.1) is 0 Å². The van der Waals surface area contributed by atoms with E-state index in [1.165, 1.54) is 0 Å². The van der Waals surface area contributed by atoms with Crippen LogP contribution in [0.2, 0.25) is 0 Å². The van der Waals surface area contributed by atoms with Crippen LogP contribution in [0.15, 0.2) is 16.5 Å². The van der Waals surface area contributed by atoms with Crippen molar-refractivity contribution in [3.05, 3.63) is 23.7 Å². The summed E-state index contributed by atoms with van der Waals surface area (Å²) in [6.07, 6.45) is 2.43. The van der Waals surface area contributed by atoms with Gasteiger partial charge >= 0.3 is 0 Å². The van der Waals surface area contributed by atoms with Crippen LogP contribution in [0, 0.1) is 6.92 Å². The van der Waals surface area contributed by atoms with Gasteiger partial charge in [0.2, 0.25) is 5.91 Å². The minimum atomic E-state index is 0.0482. The topological polar surface area (TPSA) is 50.5 Å². The highest BCUT2D eigenvalue weighted by molar-refractivity contribution is 5.87. The molecule has 0 spiro atoms. The molecule has 0 atom stereocenters. The van der Waals surface area contributed by atoms with E-state index in [9.17, 15) is 9.59 Å². The van der Waals surface area contributed by atoms with E-state index in [-0.39, 0.29) is 18.2 Å². The van der Waals surface area contributed by atoms with Gasteiger partial charge in [-0.05, 0) is 25.5 Å². The molecule has 0 bridgehead atoms. The Morgan fingerprint density at radius 3 is 2.94 bits per heavy atom. The molecule has 1 amide bonds. The Balaban J connectivity index is 1.82. The fraction of sp³-hybridized carbons (Fsp3) is 0.538. The molecule has 1 aliphatic rings. The molecule has 0 saturated carbocycles. The van der Waals surface area contributed by atoms with E-state index in [2.05, 4.69) is 0 Å². The summed E-state index contributed by atoms with van der Waals surface area (Å²) in [6, 6.07) is 3.79. The molecule has 0 unspecified atom stereocenters. The van der Waals surface area contributed by atoms with Crippen molar-refractivity contribution in [1.82, 2.24) is 4.90 Å². The van der Waals surface area contributed by atoms with Crippen LogP contribution in [-0.4, -0.2) is 29.7 Å². The monoisotopic (exact) mass is 235 g/mol. The molecular weight excluding hydrogens is 218 g/mol. The summed E-state index contributed by atoms with van der Waals surface area (Å²) in [6.45, 7) is 2.88. The van der Waals surface area contributed by atoms with Gasteiger partial charge in [0.1, 0.15) is 11.5 Å². The van der Waals surface area contributed by atoms with Gasteiger partial charge in [-0.3, -0.25) is 9.59 Å². The highest BCUT2D eigenvalue weighted by atomic mass is 16.3. The molecule has 2 heterocycles. The number of hydrogen-bond acceptors (Lipinski definition) is 3. The molecule has 4 nitrogen and oxygen atoms in total. The second-order valence-corrected chi connectivity index (χ2v) is 4.47. The lowest BCUT2D eigenvalue weighted by Gasteiger charge is -2.25. The van der Waals surface area contributed by atoms with E-state index in [1.807, 2.05) is 19.1 Å². The van der Waals surface area contributed by atoms with Gasteiger partial charge in [0.25, 0.3) is 0 Å². The molecule has 92 valence electrons. The van der Waals surface area contributed by atoms with Gasteiger partial charge in [-0.25, -0.2) is 0 Å². The first kappa shape index (κ1) is 11.9. The standard InChI is InChI=1S/C13H17NO3/c1-10-4-5-12(17-10)6-7-13(16)14-8-2-3-11(15)9-14/h4-5H,2-3,6-9H2,1H3. The van der Waals surface area contributed by atoms with Crippen molar-refractivity contribution < 1.29 is 14.0 Å². The lowest BCUT2D eigenvalue weighted by molar-refractivity contribution is -0.137. The largest absolute Gasteiger partial charge is 0.466 e. The number of rotatable bonds is 3. The van der Waals surface area contributed by atoms with Crippen LogP contribution in [0.1, 0.15) is 30.8 Å². The minimum absolute atomic E-state index is 0.0482. The number of piperidine rings is 1. The zero-order valence-corrected chi connectivity index (χ0v) is 10.1. The van der Waals surface area contributed by atoms with Crippen LogP contribution in [0.25, 0.3) is 0 Å². The zero-order valence-electron chi connectivity index (χ0n) is 10.1. The zero-order chi connectivity index (χ0) is 12.3. The van der Waals surface area contributed by atoms with Gasteiger partial charge in [0, 0.05) is 25.8 Å². The average molecular weight is 235 g/mol. The van der Waals surface area contributed by atoms with E-state index in [4.69, 9.17) is 4.42 Å². The van der Waals surface area contributed by atoms with Gasteiger partial charge < -0.3 is 9.32 Å². The van der Waals surface area contributed by atoms with Crippen molar-refractivity contribution in [2.45, 2.75) is 32.6 Å². The third kappa shape index (κ3) is 3.19. The number of aryl methyl sites for hydroxylation is 2. The van der Waals surface area contributed by atoms with Crippen molar-refractivity contribution in [3.63, 3.8) is 0 Å². The Labute approximate surface area is 101 Å². The fourth-order valence-corrected chi connectivity index (χ4v) is 2.06. The number of ketones is 1. The summed E-state index contributed by atoms with van der Waals surface area (Å²) in [5, 5.41) is 0. The van der Waals surface area contributed by atoms with E-state index in [1.54, 1.807) is 4.90 Å². The van der Waals surface area contributed by atoms with E-state index >= 15 is 0 Å². The summed E-state index contributed by atoms with van der Waals surface area (Å²) in [4.78, 5) is 24.8. The quantitative estimate of drug-likeness (QED) is 0.801. The van der Waals surface area contributed by atoms with Gasteiger partial charge in [0.15, 0.2) is 5.78 Å². The maximum Gasteiger partial charge on any atom is 0.223 e. The predicted octanol–water partition coefficient (Wildman–Crippen LogP) is 1.71. The molecule has 1 aromatic heterocycles. The van der Waals surface area contributed by atoms with E-state index in [0.717, 1.165) is 17.9 Å². The highest BCUT2D eigenvalue weighted by Gasteiger charge is 2.21. The maximum absolute atomic E-state index is 11.9. The Hall–Kier alpha value is -1.58. The summed E-state index contributed by atoms with van der Waals surface area (Å²) in [5.41, 5.74) is 0. The first-order valence-electron chi connectivity index (χ1n) is 6.00. The van der Waals surface area contributed by atoms with Crippen molar-refractivity contribution in [1.29, 1.82) is 0 Å². The van der Waals surface area contributed by atoms with Crippen LogP contribution in [0.5, 0.6) is 0 Å². The molecule has 4 heteroatoms. The second kappa shape index (κ2) is 5.17. The lowest BCUT2D eigenvalue weighted by Crippen LogP contribution is -2.40. The summed E-state index contributed by atoms with van der Waals surface area (Å²) < 4.78 is 5.40.